The highest BCUT2D eigenvalue weighted by Gasteiger charge is 2.26. The predicted molar refractivity (Wildman–Crippen MR) is 102 cm³/mol. The molecule has 152 valence electrons. The van der Waals surface area contributed by atoms with Crippen LogP contribution < -0.4 is 10.1 Å². The largest absolute Gasteiger partial charge is 0.494 e. The summed E-state index contributed by atoms with van der Waals surface area (Å²) in [6, 6.07) is 7.05. The fourth-order valence-electron chi connectivity index (χ4n) is 2.56. The third-order valence-corrected chi connectivity index (χ3v) is 5.88. The van der Waals surface area contributed by atoms with Gasteiger partial charge in [-0.15, -0.1) is 0 Å². The Morgan fingerprint density at radius 1 is 1.14 bits per heavy atom. The first-order chi connectivity index (χ1) is 13.2. The summed E-state index contributed by atoms with van der Waals surface area (Å²) in [5.74, 6) is -1.74. The van der Waals surface area contributed by atoms with Gasteiger partial charge in [-0.25, -0.2) is 17.2 Å². The monoisotopic (exact) mass is 412 g/mol. The van der Waals surface area contributed by atoms with Gasteiger partial charge < -0.3 is 10.1 Å². The molecule has 0 aliphatic rings. The number of ether oxygens (including phenoxy) is 1. The second kappa shape index (κ2) is 9.11. The molecule has 28 heavy (non-hydrogen) atoms. The van der Waals surface area contributed by atoms with Gasteiger partial charge in [0.15, 0.2) is 0 Å². The van der Waals surface area contributed by atoms with Crippen LogP contribution in [0.1, 0.15) is 19.4 Å². The molecule has 0 bridgehead atoms. The fraction of sp³-hybridized carbons (Fsp3) is 0.316. The Balaban J connectivity index is 2.20. The van der Waals surface area contributed by atoms with Crippen LogP contribution in [0.4, 0.5) is 14.5 Å². The van der Waals surface area contributed by atoms with Crippen LogP contribution >= 0.6 is 0 Å². The van der Waals surface area contributed by atoms with Crippen molar-refractivity contribution < 1.29 is 26.7 Å². The summed E-state index contributed by atoms with van der Waals surface area (Å²) in [6.45, 7) is 5.05. The molecular formula is C19H22F2N2O4S. The van der Waals surface area contributed by atoms with E-state index >= 15 is 0 Å². The molecule has 0 aromatic heterocycles. The van der Waals surface area contributed by atoms with Crippen molar-refractivity contribution in [1.82, 2.24) is 4.31 Å². The highest BCUT2D eigenvalue weighted by molar-refractivity contribution is 7.89. The summed E-state index contributed by atoms with van der Waals surface area (Å²) < 4.78 is 59.0. The highest BCUT2D eigenvalue weighted by Crippen LogP contribution is 2.24. The molecule has 2 aromatic rings. The molecule has 1 N–H and O–H groups in total. The number of likely N-dealkylation sites (N-methyl/N-ethyl adjacent to an activating group) is 1. The zero-order chi connectivity index (χ0) is 20.9. The van der Waals surface area contributed by atoms with Gasteiger partial charge >= 0.3 is 0 Å². The topological polar surface area (TPSA) is 75.7 Å². The van der Waals surface area contributed by atoms with Gasteiger partial charge in [0.05, 0.1) is 23.7 Å². The first kappa shape index (κ1) is 21.8. The molecule has 0 radical (unpaired) electrons. The lowest BCUT2D eigenvalue weighted by molar-refractivity contribution is -0.116. The highest BCUT2D eigenvalue weighted by atomic mass is 32.2. The molecule has 0 atom stereocenters. The zero-order valence-electron chi connectivity index (χ0n) is 15.8. The lowest BCUT2D eigenvalue weighted by atomic mass is 10.2. The standard InChI is InChI=1S/C19H22F2N2O4S/c1-4-23(12-19(24)22-17-11-14(20)6-8-16(17)21)28(25,26)15-7-9-18(27-5-2)13(3)10-15/h6-11H,4-5,12H2,1-3H3,(H,22,24). The maximum Gasteiger partial charge on any atom is 0.243 e. The van der Waals surface area contributed by atoms with Crippen molar-refractivity contribution in [3.63, 3.8) is 0 Å². The second-order valence-electron chi connectivity index (χ2n) is 5.96. The molecule has 9 heteroatoms. The van der Waals surface area contributed by atoms with E-state index in [9.17, 15) is 22.0 Å². The Bertz CT molecular complexity index is 964. The van der Waals surface area contributed by atoms with Crippen LogP contribution in [0.3, 0.4) is 0 Å². The Hall–Kier alpha value is -2.52. The van der Waals surface area contributed by atoms with Crippen molar-refractivity contribution in [3.8, 4) is 5.75 Å². The van der Waals surface area contributed by atoms with Crippen molar-refractivity contribution >= 4 is 21.6 Å². The van der Waals surface area contributed by atoms with Gasteiger partial charge in [0, 0.05) is 12.6 Å². The molecule has 0 aliphatic carbocycles. The third kappa shape index (κ3) is 5.05. The Morgan fingerprint density at radius 2 is 1.86 bits per heavy atom. The van der Waals surface area contributed by atoms with Crippen LogP contribution in [-0.2, 0) is 14.8 Å². The van der Waals surface area contributed by atoms with E-state index in [1.807, 2.05) is 6.92 Å². The number of hydrogen-bond acceptors (Lipinski definition) is 4. The Labute approximate surface area is 163 Å². The van der Waals surface area contributed by atoms with Gasteiger partial charge in [-0.2, -0.15) is 4.31 Å². The minimum atomic E-state index is -3.96. The second-order valence-corrected chi connectivity index (χ2v) is 7.90. The Kier molecular flexibility index (Phi) is 7.09. The van der Waals surface area contributed by atoms with E-state index in [2.05, 4.69) is 5.32 Å². The molecule has 1 amide bonds. The molecule has 2 rings (SSSR count). The number of anilines is 1. The van der Waals surface area contributed by atoms with E-state index in [1.165, 1.54) is 12.1 Å². The molecule has 0 aliphatic heterocycles. The number of sulfonamides is 1. The SMILES string of the molecule is CCOc1ccc(S(=O)(=O)N(CC)CC(=O)Nc2cc(F)ccc2F)cc1C. The van der Waals surface area contributed by atoms with E-state index in [-0.39, 0.29) is 17.1 Å². The minimum Gasteiger partial charge on any atom is -0.494 e. The van der Waals surface area contributed by atoms with Crippen molar-refractivity contribution in [3.05, 3.63) is 53.6 Å². The number of carbonyl (C=O) groups is 1. The van der Waals surface area contributed by atoms with E-state index < -0.39 is 34.1 Å². The van der Waals surface area contributed by atoms with E-state index in [1.54, 1.807) is 19.9 Å². The first-order valence-corrected chi connectivity index (χ1v) is 10.1. The summed E-state index contributed by atoms with van der Waals surface area (Å²) in [4.78, 5) is 12.2. The number of aryl methyl sites for hydroxylation is 1. The number of rotatable bonds is 8. The number of benzene rings is 2. The van der Waals surface area contributed by atoms with Crippen LogP contribution in [0.5, 0.6) is 5.75 Å². The number of nitrogens with zero attached hydrogens (tertiary/aromatic N) is 1. The van der Waals surface area contributed by atoms with Gasteiger partial charge in [0.2, 0.25) is 15.9 Å². The first-order valence-electron chi connectivity index (χ1n) is 8.67. The number of nitrogens with one attached hydrogen (secondary N) is 1. The summed E-state index contributed by atoms with van der Waals surface area (Å²) in [5, 5.41) is 2.20. The van der Waals surface area contributed by atoms with Gasteiger partial charge in [0.1, 0.15) is 17.4 Å². The smallest absolute Gasteiger partial charge is 0.243 e. The van der Waals surface area contributed by atoms with Gasteiger partial charge in [-0.1, -0.05) is 6.92 Å². The van der Waals surface area contributed by atoms with Crippen molar-refractivity contribution in [1.29, 1.82) is 0 Å². The van der Waals surface area contributed by atoms with E-state index in [4.69, 9.17) is 4.74 Å². The summed E-state index contributed by atoms with van der Waals surface area (Å²) in [7, 11) is -3.96. The summed E-state index contributed by atoms with van der Waals surface area (Å²) in [5.41, 5.74) is 0.292. The molecule has 0 saturated heterocycles. The number of halogens is 2. The molecule has 0 heterocycles. The van der Waals surface area contributed by atoms with E-state index in [0.717, 1.165) is 22.5 Å². The Morgan fingerprint density at radius 3 is 2.46 bits per heavy atom. The molecule has 0 unspecified atom stereocenters. The average Bonchev–Trinajstić information content (AvgIpc) is 2.64. The summed E-state index contributed by atoms with van der Waals surface area (Å²) >= 11 is 0. The molecule has 0 fully saturated rings. The third-order valence-electron chi connectivity index (χ3n) is 3.96. The van der Waals surface area contributed by atoms with Crippen LogP contribution in [0.25, 0.3) is 0 Å². The van der Waals surface area contributed by atoms with Crippen molar-refractivity contribution in [2.45, 2.75) is 25.7 Å². The number of carbonyl (C=O) groups excluding carboxylic acids is 1. The van der Waals surface area contributed by atoms with E-state index in [0.29, 0.717) is 17.9 Å². The number of amides is 1. The van der Waals surface area contributed by atoms with Gasteiger partial charge in [-0.3, -0.25) is 4.79 Å². The quantitative estimate of drug-likeness (QED) is 0.722. The molecular weight excluding hydrogens is 390 g/mol. The number of hydrogen-bond donors (Lipinski definition) is 1. The molecule has 6 nitrogen and oxygen atoms in total. The lowest BCUT2D eigenvalue weighted by Crippen LogP contribution is -2.38. The predicted octanol–water partition coefficient (Wildman–Crippen LogP) is 3.32. The van der Waals surface area contributed by atoms with Crippen LogP contribution in [0.2, 0.25) is 0 Å². The molecule has 2 aromatic carbocycles. The van der Waals surface area contributed by atoms with Crippen LogP contribution in [0.15, 0.2) is 41.3 Å². The lowest BCUT2D eigenvalue weighted by Gasteiger charge is -2.21. The average molecular weight is 412 g/mol. The molecule has 0 saturated carbocycles. The van der Waals surface area contributed by atoms with Gasteiger partial charge in [-0.05, 0) is 49.7 Å². The van der Waals surface area contributed by atoms with Crippen LogP contribution in [0, 0.1) is 18.6 Å². The molecule has 0 spiro atoms. The van der Waals surface area contributed by atoms with Gasteiger partial charge in [0.25, 0.3) is 0 Å². The maximum absolute atomic E-state index is 13.7. The minimum absolute atomic E-state index is 0.0139. The van der Waals surface area contributed by atoms with Crippen molar-refractivity contribution in [2.24, 2.45) is 0 Å². The maximum atomic E-state index is 13.7. The van der Waals surface area contributed by atoms with Crippen LogP contribution in [-0.4, -0.2) is 38.3 Å². The fourth-order valence-corrected chi connectivity index (χ4v) is 4.05. The normalized spacial score (nSPS) is 11.5. The van der Waals surface area contributed by atoms with Crippen molar-refractivity contribution in [2.75, 3.05) is 25.0 Å². The summed E-state index contributed by atoms with van der Waals surface area (Å²) in [6.07, 6.45) is 0. The zero-order valence-corrected chi connectivity index (χ0v) is 16.6.